The Bertz CT molecular complexity index is 758. The summed E-state index contributed by atoms with van der Waals surface area (Å²) < 4.78 is 4.93. The van der Waals surface area contributed by atoms with E-state index in [1.807, 2.05) is 0 Å². The van der Waals surface area contributed by atoms with Gasteiger partial charge in [0.15, 0.2) is 0 Å². The minimum Gasteiger partial charge on any atom is -0.465 e. The number of rotatable bonds is 4. The highest BCUT2D eigenvalue weighted by Crippen LogP contribution is 2.40. The normalized spacial score (nSPS) is 16.3. The zero-order chi connectivity index (χ0) is 17.1. The first-order chi connectivity index (χ1) is 11.6. The molecule has 7 heteroatoms. The molecule has 1 aliphatic carbocycles. The lowest BCUT2D eigenvalue weighted by Crippen LogP contribution is -2.17. The summed E-state index contributed by atoms with van der Waals surface area (Å²) in [6.45, 7) is 2.18. The van der Waals surface area contributed by atoms with Crippen LogP contribution in [0.25, 0.3) is 0 Å². The molecule has 2 heterocycles. The van der Waals surface area contributed by atoms with E-state index in [-0.39, 0.29) is 11.6 Å². The van der Waals surface area contributed by atoms with Gasteiger partial charge in [0.1, 0.15) is 10.7 Å². The van der Waals surface area contributed by atoms with Gasteiger partial charge in [0, 0.05) is 17.3 Å². The van der Waals surface area contributed by atoms with E-state index in [4.69, 9.17) is 4.74 Å². The summed E-state index contributed by atoms with van der Waals surface area (Å²) in [5.74, 6) is -0.152. The second kappa shape index (κ2) is 7.09. The summed E-state index contributed by atoms with van der Waals surface area (Å²) in [7, 11) is 1.36. The molecule has 126 valence electrons. The average Bonchev–Trinajstić information content (AvgIpc) is 2.98. The number of fused-ring (bicyclic) bond motifs is 1. The van der Waals surface area contributed by atoms with Crippen molar-refractivity contribution in [2.75, 3.05) is 12.4 Å². The largest absolute Gasteiger partial charge is 0.465 e. The molecule has 0 fully saturated rings. The Morgan fingerprint density at radius 2 is 2.25 bits per heavy atom. The lowest BCUT2D eigenvalue weighted by molar-refractivity contribution is 0.0601. The van der Waals surface area contributed by atoms with Gasteiger partial charge >= 0.3 is 5.97 Å². The van der Waals surface area contributed by atoms with Gasteiger partial charge in [0.2, 0.25) is 0 Å². The van der Waals surface area contributed by atoms with Crippen LogP contribution in [0.3, 0.4) is 0 Å². The standard InChI is InChI=1S/C17H19N3O3S/c1-3-10-4-5-11-13(8-10)24-16(14(11)17(22)23-2)20-15(21)12-9-18-6-7-19-12/h6-7,9-10H,3-5,8H2,1-2H3,(H,20,21). The van der Waals surface area contributed by atoms with Crippen molar-refractivity contribution in [1.29, 1.82) is 0 Å². The number of ether oxygens (including phenoxy) is 1. The van der Waals surface area contributed by atoms with Crippen LogP contribution in [0, 0.1) is 5.92 Å². The zero-order valence-corrected chi connectivity index (χ0v) is 14.5. The summed E-state index contributed by atoms with van der Waals surface area (Å²) in [6.07, 6.45) is 8.33. The second-order valence-electron chi connectivity index (χ2n) is 5.76. The van der Waals surface area contributed by atoms with Gasteiger partial charge in [0.25, 0.3) is 5.91 Å². The van der Waals surface area contributed by atoms with Gasteiger partial charge in [-0.15, -0.1) is 11.3 Å². The fourth-order valence-corrected chi connectivity index (χ4v) is 4.34. The van der Waals surface area contributed by atoms with Gasteiger partial charge in [-0.3, -0.25) is 9.78 Å². The van der Waals surface area contributed by atoms with Crippen LogP contribution < -0.4 is 5.32 Å². The van der Waals surface area contributed by atoms with Crippen molar-refractivity contribution in [2.45, 2.75) is 32.6 Å². The molecule has 0 saturated carbocycles. The van der Waals surface area contributed by atoms with Crippen LogP contribution in [0.1, 0.15) is 51.1 Å². The minimum absolute atomic E-state index is 0.214. The van der Waals surface area contributed by atoms with Crippen molar-refractivity contribution in [3.63, 3.8) is 0 Å². The van der Waals surface area contributed by atoms with Gasteiger partial charge in [-0.05, 0) is 30.7 Å². The topological polar surface area (TPSA) is 81.2 Å². The molecule has 1 atom stereocenters. The van der Waals surface area contributed by atoms with Crippen LogP contribution in [0.2, 0.25) is 0 Å². The average molecular weight is 345 g/mol. The van der Waals surface area contributed by atoms with Gasteiger partial charge in [-0.25, -0.2) is 9.78 Å². The molecule has 0 radical (unpaired) electrons. The molecule has 1 N–H and O–H groups in total. The van der Waals surface area contributed by atoms with Gasteiger partial charge in [-0.2, -0.15) is 0 Å². The number of thiophene rings is 1. The number of carbonyl (C=O) groups is 2. The first-order valence-corrected chi connectivity index (χ1v) is 8.75. The van der Waals surface area contributed by atoms with Crippen molar-refractivity contribution < 1.29 is 14.3 Å². The lowest BCUT2D eigenvalue weighted by atomic mass is 9.85. The molecule has 3 rings (SSSR count). The third kappa shape index (κ3) is 3.17. The zero-order valence-electron chi connectivity index (χ0n) is 13.7. The quantitative estimate of drug-likeness (QED) is 0.861. The highest BCUT2D eigenvalue weighted by Gasteiger charge is 2.29. The fourth-order valence-electron chi connectivity index (χ4n) is 2.99. The second-order valence-corrected chi connectivity index (χ2v) is 6.87. The number of carbonyl (C=O) groups excluding carboxylic acids is 2. The summed E-state index contributed by atoms with van der Waals surface area (Å²) in [5.41, 5.74) is 1.72. The SMILES string of the molecule is CCC1CCc2c(sc(NC(=O)c3cnccn3)c2C(=O)OC)C1. The van der Waals surface area contributed by atoms with Crippen LogP contribution in [0.5, 0.6) is 0 Å². The van der Waals surface area contributed by atoms with Crippen molar-refractivity contribution in [3.05, 3.63) is 40.3 Å². The number of hydrogen-bond donors (Lipinski definition) is 1. The third-order valence-corrected chi connectivity index (χ3v) is 5.53. The smallest absolute Gasteiger partial charge is 0.341 e. The van der Waals surface area contributed by atoms with E-state index < -0.39 is 5.97 Å². The van der Waals surface area contributed by atoms with Gasteiger partial charge in [-0.1, -0.05) is 13.3 Å². The Kier molecular flexibility index (Phi) is 4.89. The maximum atomic E-state index is 12.4. The molecule has 2 aromatic rings. The van der Waals surface area contributed by atoms with Crippen molar-refractivity contribution in [1.82, 2.24) is 9.97 Å². The van der Waals surface area contributed by atoms with Gasteiger partial charge < -0.3 is 10.1 Å². The van der Waals surface area contributed by atoms with Gasteiger partial charge in [0.05, 0.1) is 18.9 Å². The first kappa shape index (κ1) is 16.6. The molecule has 0 spiro atoms. The molecular formula is C17H19N3O3S. The fraction of sp³-hybridized carbons (Fsp3) is 0.412. The minimum atomic E-state index is -0.406. The Morgan fingerprint density at radius 3 is 2.92 bits per heavy atom. The van der Waals surface area contributed by atoms with E-state index in [9.17, 15) is 9.59 Å². The molecule has 0 saturated heterocycles. The number of methoxy groups -OCH3 is 1. The number of esters is 1. The Hall–Kier alpha value is -2.28. The molecule has 2 aromatic heterocycles. The Balaban J connectivity index is 1.94. The number of amides is 1. The number of nitrogens with one attached hydrogen (secondary N) is 1. The predicted octanol–water partition coefficient (Wildman–Crippen LogP) is 3.09. The molecule has 1 aliphatic rings. The van der Waals surface area contributed by atoms with E-state index in [0.717, 1.165) is 31.2 Å². The Labute approximate surface area is 144 Å². The lowest BCUT2D eigenvalue weighted by Gasteiger charge is -2.20. The molecular weight excluding hydrogens is 326 g/mol. The summed E-state index contributed by atoms with van der Waals surface area (Å²) in [4.78, 5) is 33.6. The van der Waals surface area contributed by atoms with Crippen LogP contribution >= 0.6 is 11.3 Å². The molecule has 6 nitrogen and oxygen atoms in total. The maximum Gasteiger partial charge on any atom is 0.341 e. The predicted molar refractivity (Wildman–Crippen MR) is 91.4 cm³/mol. The van der Waals surface area contributed by atoms with E-state index in [1.54, 1.807) is 0 Å². The van der Waals surface area contributed by atoms with E-state index in [0.29, 0.717) is 16.5 Å². The van der Waals surface area contributed by atoms with E-state index >= 15 is 0 Å². The molecule has 1 amide bonds. The summed E-state index contributed by atoms with van der Waals surface area (Å²) >= 11 is 1.47. The van der Waals surface area contributed by atoms with Crippen LogP contribution in [-0.4, -0.2) is 29.0 Å². The number of aromatic nitrogens is 2. The van der Waals surface area contributed by atoms with E-state index in [2.05, 4.69) is 22.2 Å². The number of anilines is 1. The third-order valence-electron chi connectivity index (χ3n) is 4.36. The molecule has 24 heavy (non-hydrogen) atoms. The van der Waals surface area contributed by atoms with E-state index in [1.165, 1.54) is 41.9 Å². The van der Waals surface area contributed by atoms with Crippen molar-refractivity contribution in [3.8, 4) is 0 Å². The Morgan fingerprint density at radius 1 is 1.42 bits per heavy atom. The molecule has 0 bridgehead atoms. The summed E-state index contributed by atoms with van der Waals surface area (Å²) in [5, 5.41) is 3.35. The maximum absolute atomic E-state index is 12.4. The molecule has 1 unspecified atom stereocenters. The van der Waals surface area contributed by atoms with Crippen LogP contribution in [0.4, 0.5) is 5.00 Å². The molecule has 0 aromatic carbocycles. The van der Waals surface area contributed by atoms with Crippen LogP contribution in [-0.2, 0) is 17.6 Å². The van der Waals surface area contributed by atoms with Crippen molar-refractivity contribution in [2.24, 2.45) is 5.92 Å². The highest BCUT2D eigenvalue weighted by atomic mass is 32.1. The van der Waals surface area contributed by atoms with Crippen molar-refractivity contribution >= 4 is 28.2 Å². The number of hydrogen-bond acceptors (Lipinski definition) is 6. The first-order valence-electron chi connectivity index (χ1n) is 7.94. The molecule has 0 aliphatic heterocycles. The summed E-state index contributed by atoms with van der Waals surface area (Å²) in [6, 6.07) is 0. The van der Waals surface area contributed by atoms with Crippen LogP contribution in [0.15, 0.2) is 18.6 Å². The highest BCUT2D eigenvalue weighted by molar-refractivity contribution is 7.17. The number of nitrogens with zero attached hydrogens (tertiary/aromatic N) is 2. The monoisotopic (exact) mass is 345 g/mol.